The van der Waals surface area contributed by atoms with Crippen molar-refractivity contribution < 1.29 is 0 Å². The summed E-state index contributed by atoms with van der Waals surface area (Å²) in [4.78, 5) is 2.67. The van der Waals surface area contributed by atoms with E-state index in [1.54, 1.807) is 5.56 Å². The van der Waals surface area contributed by atoms with Crippen LogP contribution in [0.4, 0.5) is 11.4 Å². The third-order valence-electron chi connectivity index (χ3n) is 7.85. The van der Waals surface area contributed by atoms with Gasteiger partial charge in [-0.3, -0.25) is 0 Å². The van der Waals surface area contributed by atoms with Gasteiger partial charge in [0.05, 0.1) is 0 Å². The topological polar surface area (TPSA) is 3.24 Å². The molecule has 0 atom stereocenters. The highest BCUT2D eigenvalue weighted by molar-refractivity contribution is 5.86. The molecule has 0 spiro atoms. The largest absolute Gasteiger partial charge is 0.336 e. The molecule has 0 amide bonds. The van der Waals surface area contributed by atoms with E-state index in [0.717, 1.165) is 5.92 Å². The van der Waals surface area contributed by atoms with Crippen LogP contribution in [0.5, 0.6) is 0 Å². The fourth-order valence-corrected chi connectivity index (χ4v) is 5.95. The molecular weight excluding hydrogens is 386 g/mol. The van der Waals surface area contributed by atoms with Crippen LogP contribution in [0.25, 0.3) is 11.1 Å². The van der Waals surface area contributed by atoms with E-state index >= 15 is 0 Å². The van der Waals surface area contributed by atoms with Gasteiger partial charge >= 0.3 is 0 Å². The number of rotatable bonds is 4. The van der Waals surface area contributed by atoms with E-state index in [0.29, 0.717) is 5.92 Å². The highest BCUT2D eigenvalue weighted by Gasteiger charge is 2.40. The van der Waals surface area contributed by atoms with Gasteiger partial charge in [-0.1, -0.05) is 56.3 Å². The lowest BCUT2D eigenvalue weighted by Gasteiger charge is -2.41. The van der Waals surface area contributed by atoms with Crippen LogP contribution in [0.3, 0.4) is 0 Å². The molecule has 3 aromatic rings. The van der Waals surface area contributed by atoms with Gasteiger partial charge in [-0.2, -0.15) is 0 Å². The molecular formula is C31H35N. The molecule has 0 radical (unpaired) electrons. The molecule has 2 saturated carbocycles. The van der Waals surface area contributed by atoms with Crippen molar-refractivity contribution in [3.63, 3.8) is 0 Å². The van der Waals surface area contributed by atoms with E-state index < -0.39 is 0 Å². The van der Waals surface area contributed by atoms with Gasteiger partial charge in [0.25, 0.3) is 0 Å². The molecule has 32 heavy (non-hydrogen) atoms. The Bertz CT molecular complexity index is 1200. The summed E-state index contributed by atoms with van der Waals surface area (Å²) >= 11 is 0. The Morgan fingerprint density at radius 2 is 1.31 bits per heavy atom. The number of fused-ring (bicyclic) bond motifs is 3. The second-order valence-corrected chi connectivity index (χ2v) is 11.7. The number of hydrogen-bond donors (Lipinski definition) is 0. The van der Waals surface area contributed by atoms with Crippen molar-refractivity contribution in [1.29, 1.82) is 0 Å². The van der Waals surface area contributed by atoms with E-state index in [4.69, 9.17) is 0 Å². The minimum Gasteiger partial charge on any atom is -0.336 e. The molecule has 0 N–H and O–H groups in total. The summed E-state index contributed by atoms with van der Waals surface area (Å²) in [6.45, 7) is 11.9. The summed E-state index contributed by atoms with van der Waals surface area (Å²) in [6.07, 6.45) is 5.30. The van der Waals surface area contributed by atoms with Crippen molar-refractivity contribution in [2.24, 2.45) is 0 Å². The Balaban J connectivity index is 1.61. The van der Waals surface area contributed by atoms with Gasteiger partial charge in [-0.05, 0) is 110 Å². The number of nitrogens with zero attached hydrogens (tertiary/aromatic N) is 1. The zero-order valence-electron chi connectivity index (χ0n) is 20.2. The summed E-state index contributed by atoms with van der Waals surface area (Å²) in [7, 11) is 0. The lowest BCUT2D eigenvalue weighted by Crippen LogP contribution is -2.39. The van der Waals surface area contributed by atoms with Gasteiger partial charge in [0.2, 0.25) is 0 Å². The Morgan fingerprint density at radius 3 is 2.00 bits per heavy atom. The predicted molar refractivity (Wildman–Crippen MR) is 136 cm³/mol. The molecule has 0 unspecified atom stereocenters. The molecule has 0 aliphatic heterocycles. The van der Waals surface area contributed by atoms with E-state index in [2.05, 4.69) is 100 Å². The molecule has 6 rings (SSSR count). The summed E-state index contributed by atoms with van der Waals surface area (Å²) < 4.78 is 0. The van der Waals surface area contributed by atoms with Crippen molar-refractivity contribution in [3.8, 4) is 11.1 Å². The number of anilines is 2. The lowest BCUT2D eigenvalue weighted by molar-refractivity contribution is 0.556. The Morgan fingerprint density at radius 1 is 0.688 bits per heavy atom. The fourth-order valence-electron chi connectivity index (χ4n) is 5.95. The van der Waals surface area contributed by atoms with Gasteiger partial charge in [0, 0.05) is 22.3 Å². The standard InChI is InChI=1S/C31H35N/c1-30(2,3)32(28-13-9-7-10-22(28)20-14-15-20)29-19-27-25(18-24(29)21-16-17-21)23-11-6-8-12-26(23)31(27,4)5/h6-13,18-21H,14-17H2,1-5H3. The molecule has 0 heterocycles. The SMILES string of the molecule is CC1(C)c2ccccc2-c2cc(C3CC3)c(N(c3ccccc3C3CC3)C(C)(C)C)cc21. The van der Waals surface area contributed by atoms with E-state index in [-0.39, 0.29) is 11.0 Å². The zero-order valence-corrected chi connectivity index (χ0v) is 20.2. The predicted octanol–water partition coefficient (Wildman–Crippen LogP) is 8.68. The Kier molecular flexibility index (Phi) is 4.23. The minimum atomic E-state index is -0.00152. The van der Waals surface area contributed by atoms with Gasteiger partial charge in [-0.15, -0.1) is 0 Å². The molecule has 164 valence electrons. The first-order chi connectivity index (χ1) is 15.3. The maximum absolute atomic E-state index is 2.67. The molecule has 1 heteroatoms. The molecule has 1 nitrogen and oxygen atoms in total. The van der Waals surface area contributed by atoms with Crippen LogP contribution in [0.2, 0.25) is 0 Å². The van der Waals surface area contributed by atoms with Crippen LogP contribution >= 0.6 is 0 Å². The smallest absolute Gasteiger partial charge is 0.0454 e. The average Bonchev–Trinajstić information content (AvgIpc) is 3.67. The summed E-state index contributed by atoms with van der Waals surface area (Å²) in [5.41, 5.74) is 11.8. The van der Waals surface area contributed by atoms with Crippen LogP contribution < -0.4 is 4.90 Å². The van der Waals surface area contributed by atoms with Crippen molar-refractivity contribution >= 4 is 11.4 Å². The third kappa shape index (κ3) is 3.04. The minimum absolute atomic E-state index is 0.00152. The molecule has 3 aliphatic carbocycles. The number of para-hydroxylation sites is 1. The molecule has 0 aromatic heterocycles. The molecule has 3 aliphatic rings. The van der Waals surface area contributed by atoms with Crippen LogP contribution in [-0.4, -0.2) is 5.54 Å². The Hall–Kier alpha value is -2.54. The summed E-state index contributed by atoms with van der Waals surface area (Å²) in [6, 6.07) is 23.4. The maximum atomic E-state index is 2.67. The maximum Gasteiger partial charge on any atom is 0.0454 e. The van der Waals surface area contributed by atoms with Gasteiger partial charge in [0.15, 0.2) is 0 Å². The number of benzene rings is 3. The normalized spacial score (nSPS) is 18.9. The van der Waals surface area contributed by atoms with Gasteiger partial charge in [-0.25, -0.2) is 0 Å². The fraction of sp³-hybridized carbons (Fsp3) is 0.419. The van der Waals surface area contributed by atoms with Gasteiger partial charge < -0.3 is 4.90 Å². The van der Waals surface area contributed by atoms with Crippen LogP contribution in [-0.2, 0) is 5.41 Å². The lowest BCUT2D eigenvalue weighted by atomic mass is 9.81. The first-order valence-electron chi connectivity index (χ1n) is 12.4. The molecule has 0 bridgehead atoms. The third-order valence-corrected chi connectivity index (χ3v) is 7.85. The van der Waals surface area contributed by atoms with Crippen molar-refractivity contribution in [2.75, 3.05) is 4.90 Å². The Labute approximate surface area is 193 Å². The first-order valence-corrected chi connectivity index (χ1v) is 12.4. The van der Waals surface area contributed by atoms with Crippen LogP contribution in [0.1, 0.15) is 94.4 Å². The highest BCUT2D eigenvalue weighted by atomic mass is 15.2. The van der Waals surface area contributed by atoms with Crippen molar-refractivity contribution in [3.05, 3.63) is 82.9 Å². The van der Waals surface area contributed by atoms with Gasteiger partial charge in [0.1, 0.15) is 0 Å². The van der Waals surface area contributed by atoms with E-state index in [9.17, 15) is 0 Å². The van der Waals surface area contributed by atoms with Crippen molar-refractivity contribution in [2.45, 2.75) is 83.1 Å². The average molecular weight is 422 g/mol. The molecule has 0 saturated heterocycles. The van der Waals surface area contributed by atoms with E-state index in [1.165, 1.54) is 64.9 Å². The number of hydrogen-bond acceptors (Lipinski definition) is 1. The molecule has 3 aromatic carbocycles. The van der Waals surface area contributed by atoms with Crippen LogP contribution in [0, 0.1) is 0 Å². The van der Waals surface area contributed by atoms with Crippen molar-refractivity contribution in [1.82, 2.24) is 0 Å². The summed E-state index contributed by atoms with van der Waals surface area (Å²) in [5, 5.41) is 0. The van der Waals surface area contributed by atoms with E-state index in [1.807, 2.05) is 0 Å². The second-order valence-electron chi connectivity index (χ2n) is 11.7. The van der Waals surface area contributed by atoms with Crippen LogP contribution in [0.15, 0.2) is 60.7 Å². The monoisotopic (exact) mass is 421 g/mol. The molecule has 2 fully saturated rings. The summed E-state index contributed by atoms with van der Waals surface area (Å²) in [5.74, 6) is 1.43. The zero-order chi connectivity index (χ0) is 22.3. The first kappa shape index (κ1) is 20.1. The quantitative estimate of drug-likeness (QED) is 0.407. The second kappa shape index (κ2) is 6.73. The highest BCUT2D eigenvalue weighted by Crippen LogP contribution is 2.56.